The molecule has 2 aromatic carbocycles. The Bertz CT molecular complexity index is 799. The predicted molar refractivity (Wildman–Crippen MR) is 104 cm³/mol. The number of hydrogen-bond donors (Lipinski definition) is 0. The van der Waals surface area contributed by atoms with E-state index in [1.807, 2.05) is 12.1 Å². The summed E-state index contributed by atoms with van der Waals surface area (Å²) in [7, 11) is 0. The van der Waals surface area contributed by atoms with Crippen LogP contribution in [0.3, 0.4) is 0 Å². The number of fused-ring (bicyclic) bond motifs is 1. The van der Waals surface area contributed by atoms with E-state index in [0.29, 0.717) is 29.5 Å². The molecule has 2 aromatic rings. The van der Waals surface area contributed by atoms with Crippen molar-refractivity contribution in [3.8, 4) is 0 Å². The monoisotopic (exact) mass is 349 g/mol. The lowest BCUT2D eigenvalue weighted by molar-refractivity contribution is 0.0642. The first-order valence-electron chi connectivity index (χ1n) is 9.27. The Balaban J connectivity index is 1.77. The average molecular weight is 349 g/mol. The number of amides is 2. The highest BCUT2D eigenvalue weighted by Gasteiger charge is 2.35. The van der Waals surface area contributed by atoms with Gasteiger partial charge in [-0.25, -0.2) is 0 Å². The van der Waals surface area contributed by atoms with Crippen molar-refractivity contribution in [2.75, 3.05) is 0 Å². The fraction of sp³-hybridized carbons (Fsp3) is 0.391. The SMILES string of the molecule is CC(C)C(C)(C)C(C)c1ccc(CN2C(=O)c3ccccc3C2=O)cc1. The van der Waals surface area contributed by atoms with Gasteiger partial charge in [-0.15, -0.1) is 0 Å². The third-order valence-electron chi connectivity index (χ3n) is 6.30. The Morgan fingerprint density at radius 3 is 1.81 bits per heavy atom. The van der Waals surface area contributed by atoms with Crippen LogP contribution < -0.4 is 0 Å². The maximum absolute atomic E-state index is 12.5. The van der Waals surface area contributed by atoms with Crippen molar-refractivity contribution < 1.29 is 9.59 Å². The summed E-state index contributed by atoms with van der Waals surface area (Å²) in [5.41, 5.74) is 3.46. The molecule has 26 heavy (non-hydrogen) atoms. The van der Waals surface area contributed by atoms with Gasteiger partial charge < -0.3 is 0 Å². The number of imide groups is 1. The van der Waals surface area contributed by atoms with E-state index >= 15 is 0 Å². The van der Waals surface area contributed by atoms with Gasteiger partial charge in [-0.2, -0.15) is 0 Å². The average Bonchev–Trinajstić information content (AvgIpc) is 2.87. The van der Waals surface area contributed by atoms with E-state index in [-0.39, 0.29) is 17.2 Å². The molecule has 136 valence electrons. The molecule has 0 N–H and O–H groups in total. The Morgan fingerprint density at radius 1 is 0.846 bits per heavy atom. The van der Waals surface area contributed by atoms with Crippen LogP contribution in [-0.4, -0.2) is 16.7 Å². The Labute approximate surface area is 156 Å². The second-order valence-electron chi connectivity index (χ2n) is 8.18. The summed E-state index contributed by atoms with van der Waals surface area (Å²) in [4.78, 5) is 26.3. The molecule has 1 atom stereocenters. The van der Waals surface area contributed by atoms with Gasteiger partial charge in [-0.05, 0) is 40.5 Å². The molecule has 0 bridgehead atoms. The molecule has 3 nitrogen and oxygen atoms in total. The molecule has 0 aliphatic carbocycles. The van der Waals surface area contributed by atoms with Gasteiger partial charge in [0.1, 0.15) is 0 Å². The number of carbonyl (C=O) groups excluding carboxylic acids is 2. The molecule has 0 aromatic heterocycles. The molecule has 1 aliphatic rings. The highest BCUT2D eigenvalue weighted by Crippen LogP contribution is 2.41. The van der Waals surface area contributed by atoms with Crippen LogP contribution in [0.4, 0.5) is 0 Å². The van der Waals surface area contributed by atoms with E-state index in [9.17, 15) is 9.59 Å². The number of rotatable bonds is 5. The second-order valence-corrected chi connectivity index (χ2v) is 8.18. The fourth-order valence-electron chi connectivity index (χ4n) is 3.41. The number of hydrogen-bond acceptors (Lipinski definition) is 2. The van der Waals surface area contributed by atoms with Crippen molar-refractivity contribution >= 4 is 11.8 Å². The fourth-order valence-corrected chi connectivity index (χ4v) is 3.41. The summed E-state index contributed by atoms with van der Waals surface area (Å²) < 4.78 is 0. The molecule has 1 unspecified atom stereocenters. The van der Waals surface area contributed by atoms with Gasteiger partial charge in [0.2, 0.25) is 0 Å². The number of carbonyl (C=O) groups is 2. The summed E-state index contributed by atoms with van der Waals surface area (Å²) in [5.74, 6) is 0.597. The molecule has 0 radical (unpaired) electrons. The van der Waals surface area contributed by atoms with E-state index in [1.165, 1.54) is 10.5 Å². The smallest absolute Gasteiger partial charge is 0.261 e. The van der Waals surface area contributed by atoms with Crippen LogP contribution in [0.2, 0.25) is 0 Å². The van der Waals surface area contributed by atoms with Crippen LogP contribution in [0.1, 0.15) is 72.4 Å². The van der Waals surface area contributed by atoms with Gasteiger partial charge in [0.05, 0.1) is 17.7 Å². The van der Waals surface area contributed by atoms with Gasteiger partial charge in [0, 0.05) is 0 Å². The summed E-state index contributed by atoms with van der Waals surface area (Å²) in [6.45, 7) is 11.7. The minimum atomic E-state index is -0.205. The molecular weight excluding hydrogens is 322 g/mol. The van der Waals surface area contributed by atoms with Crippen LogP contribution in [-0.2, 0) is 6.54 Å². The maximum Gasteiger partial charge on any atom is 0.261 e. The molecule has 0 saturated carbocycles. The second kappa shape index (κ2) is 6.71. The van der Waals surface area contributed by atoms with Crippen LogP contribution in [0, 0.1) is 11.3 Å². The van der Waals surface area contributed by atoms with Gasteiger partial charge >= 0.3 is 0 Å². The molecule has 0 saturated heterocycles. The molecular formula is C23H27NO2. The standard InChI is InChI=1S/C23H27NO2/c1-15(2)23(4,5)16(3)18-12-10-17(11-13-18)14-24-21(25)19-8-6-7-9-20(19)22(24)26/h6-13,15-16H,14H2,1-5H3. The number of nitrogens with zero attached hydrogens (tertiary/aromatic N) is 1. The zero-order valence-corrected chi connectivity index (χ0v) is 16.2. The molecule has 0 spiro atoms. The van der Waals surface area contributed by atoms with Gasteiger partial charge in [-0.3, -0.25) is 14.5 Å². The third kappa shape index (κ3) is 3.07. The quantitative estimate of drug-likeness (QED) is 0.690. The van der Waals surface area contributed by atoms with Crippen LogP contribution in [0.25, 0.3) is 0 Å². The molecule has 3 rings (SSSR count). The lowest BCUT2D eigenvalue weighted by Gasteiger charge is -2.36. The van der Waals surface area contributed by atoms with E-state index in [1.54, 1.807) is 24.3 Å². The van der Waals surface area contributed by atoms with Crippen molar-refractivity contribution in [1.82, 2.24) is 4.90 Å². The van der Waals surface area contributed by atoms with Crippen molar-refractivity contribution in [3.05, 3.63) is 70.8 Å². The highest BCUT2D eigenvalue weighted by atomic mass is 16.2. The van der Waals surface area contributed by atoms with Crippen molar-refractivity contribution in [1.29, 1.82) is 0 Å². The Kier molecular flexibility index (Phi) is 4.74. The summed E-state index contributed by atoms with van der Waals surface area (Å²) in [5, 5.41) is 0. The minimum absolute atomic E-state index is 0.198. The van der Waals surface area contributed by atoms with Gasteiger partial charge in [0.15, 0.2) is 0 Å². The number of benzene rings is 2. The molecule has 0 fully saturated rings. The zero-order valence-electron chi connectivity index (χ0n) is 16.2. The first-order valence-corrected chi connectivity index (χ1v) is 9.27. The van der Waals surface area contributed by atoms with Crippen LogP contribution in [0.5, 0.6) is 0 Å². The predicted octanol–water partition coefficient (Wildman–Crippen LogP) is 5.27. The lowest BCUT2D eigenvalue weighted by atomic mass is 9.69. The highest BCUT2D eigenvalue weighted by molar-refractivity contribution is 6.21. The molecule has 3 heteroatoms. The van der Waals surface area contributed by atoms with E-state index in [0.717, 1.165) is 5.56 Å². The van der Waals surface area contributed by atoms with E-state index in [2.05, 4.69) is 46.8 Å². The Morgan fingerprint density at radius 2 is 1.35 bits per heavy atom. The van der Waals surface area contributed by atoms with Crippen LogP contribution in [0.15, 0.2) is 48.5 Å². The normalized spacial score (nSPS) is 15.5. The maximum atomic E-state index is 12.5. The lowest BCUT2D eigenvalue weighted by Crippen LogP contribution is -2.29. The summed E-state index contributed by atoms with van der Waals surface area (Å²) in [6, 6.07) is 15.3. The first-order chi connectivity index (χ1) is 12.2. The largest absolute Gasteiger partial charge is 0.270 e. The van der Waals surface area contributed by atoms with Crippen molar-refractivity contribution in [2.24, 2.45) is 11.3 Å². The van der Waals surface area contributed by atoms with E-state index < -0.39 is 0 Å². The van der Waals surface area contributed by atoms with E-state index in [4.69, 9.17) is 0 Å². The zero-order chi connectivity index (χ0) is 19.1. The third-order valence-corrected chi connectivity index (χ3v) is 6.30. The van der Waals surface area contributed by atoms with Crippen molar-refractivity contribution in [3.63, 3.8) is 0 Å². The summed E-state index contributed by atoms with van der Waals surface area (Å²) in [6.07, 6.45) is 0. The first kappa shape index (κ1) is 18.4. The molecule has 1 heterocycles. The van der Waals surface area contributed by atoms with Crippen molar-refractivity contribution in [2.45, 2.75) is 47.1 Å². The topological polar surface area (TPSA) is 37.4 Å². The van der Waals surface area contributed by atoms with Gasteiger partial charge in [0.25, 0.3) is 11.8 Å². The minimum Gasteiger partial charge on any atom is -0.270 e. The summed E-state index contributed by atoms with van der Waals surface area (Å²) >= 11 is 0. The van der Waals surface area contributed by atoms with Crippen LogP contribution >= 0.6 is 0 Å². The molecule has 1 aliphatic heterocycles. The Hall–Kier alpha value is -2.42. The van der Waals surface area contributed by atoms with Gasteiger partial charge in [-0.1, -0.05) is 71.0 Å². The molecule has 2 amide bonds.